The molecule has 13 heavy (non-hydrogen) atoms. The van der Waals surface area contributed by atoms with Gasteiger partial charge >= 0.3 is 5.97 Å². The number of nitrogens with zero attached hydrogens (tertiary/aromatic N) is 1. The second kappa shape index (κ2) is 3.33. The summed E-state index contributed by atoms with van der Waals surface area (Å²) in [6.45, 7) is 0.652. The van der Waals surface area contributed by atoms with Gasteiger partial charge in [-0.15, -0.1) is 0 Å². The van der Waals surface area contributed by atoms with Crippen molar-refractivity contribution in [2.45, 2.75) is 18.4 Å². The standard InChI is InChI=1S/C8H14N2O3/c1-9-6(11)8(7(12)13)4-3-5-10(8)2/h3-5H2,1-2H3,(H,9,11)(H,12,13). The van der Waals surface area contributed by atoms with E-state index in [0.717, 1.165) is 6.42 Å². The van der Waals surface area contributed by atoms with E-state index in [1.165, 1.54) is 7.05 Å². The Labute approximate surface area is 76.7 Å². The normalized spacial score (nSPS) is 28.8. The monoisotopic (exact) mass is 186 g/mol. The van der Waals surface area contributed by atoms with Crippen molar-refractivity contribution in [3.8, 4) is 0 Å². The number of carboxylic acid groups (broad SMARTS) is 1. The molecule has 2 N–H and O–H groups in total. The number of rotatable bonds is 2. The van der Waals surface area contributed by atoms with Crippen LogP contribution in [0.1, 0.15) is 12.8 Å². The molecule has 74 valence electrons. The highest BCUT2D eigenvalue weighted by atomic mass is 16.4. The summed E-state index contributed by atoms with van der Waals surface area (Å²) >= 11 is 0. The van der Waals surface area contributed by atoms with E-state index in [-0.39, 0.29) is 0 Å². The van der Waals surface area contributed by atoms with E-state index in [2.05, 4.69) is 5.32 Å². The molecule has 1 unspecified atom stereocenters. The van der Waals surface area contributed by atoms with Gasteiger partial charge in [-0.05, 0) is 26.4 Å². The zero-order valence-electron chi connectivity index (χ0n) is 7.83. The van der Waals surface area contributed by atoms with Gasteiger partial charge in [-0.2, -0.15) is 0 Å². The second-order valence-electron chi connectivity index (χ2n) is 3.27. The van der Waals surface area contributed by atoms with Crippen molar-refractivity contribution < 1.29 is 14.7 Å². The third kappa shape index (κ3) is 1.29. The van der Waals surface area contributed by atoms with Gasteiger partial charge in [0.25, 0.3) is 5.91 Å². The summed E-state index contributed by atoms with van der Waals surface area (Å²) in [6.07, 6.45) is 1.13. The van der Waals surface area contributed by atoms with Crippen LogP contribution in [0.15, 0.2) is 0 Å². The Balaban J connectivity index is 3.00. The molecule has 5 heteroatoms. The molecule has 1 atom stereocenters. The molecule has 0 aromatic rings. The number of hydrogen-bond acceptors (Lipinski definition) is 3. The molecule has 1 rings (SSSR count). The lowest BCUT2D eigenvalue weighted by Crippen LogP contribution is -2.58. The molecule has 1 aliphatic heterocycles. The van der Waals surface area contributed by atoms with Gasteiger partial charge in [0.15, 0.2) is 5.54 Å². The number of carbonyl (C=O) groups excluding carboxylic acids is 1. The molecule has 0 spiro atoms. The Morgan fingerprint density at radius 2 is 2.15 bits per heavy atom. The van der Waals surface area contributed by atoms with E-state index in [9.17, 15) is 9.59 Å². The Kier molecular flexibility index (Phi) is 2.56. The number of likely N-dealkylation sites (tertiary alicyclic amines) is 1. The quantitative estimate of drug-likeness (QED) is 0.558. The molecular formula is C8H14N2O3. The average molecular weight is 186 g/mol. The highest BCUT2D eigenvalue weighted by Crippen LogP contribution is 2.28. The fraction of sp³-hybridized carbons (Fsp3) is 0.750. The molecule has 0 aliphatic carbocycles. The number of carboxylic acids is 1. The van der Waals surface area contributed by atoms with Gasteiger partial charge in [0.05, 0.1) is 0 Å². The fourth-order valence-electron chi connectivity index (χ4n) is 1.81. The molecule has 1 aliphatic rings. The Morgan fingerprint density at radius 3 is 2.46 bits per heavy atom. The average Bonchev–Trinajstić information content (AvgIpc) is 2.47. The van der Waals surface area contributed by atoms with Crippen LogP contribution in [0, 0.1) is 0 Å². The number of nitrogens with one attached hydrogen (secondary N) is 1. The number of hydrogen-bond donors (Lipinski definition) is 2. The topological polar surface area (TPSA) is 69.6 Å². The fourth-order valence-corrected chi connectivity index (χ4v) is 1.81. The lowest BCUT2D eigenvalue weighted by Gasteiger charge is -2.29. The maximum atomic E-state index is 11.5. The van der Waals surface area contributed by atoms with Crippen molar-refractivity contribution >= 4 is 11.9 Å². The lowest BCUT2D eigenvalue weighted by atomic mass is 9.95. The van der Waals surface area contributed by atoms with Gasteiger partial charge in [-0.25, -0.2) is 4.79 Å². The van der Waals surface area contributed by atoms with Crippen LogP contribution >= 0.6 is 0 Å². The van der Waals surface area contributed by atoms with Crippen LogP contribution in [0.2, 0.25) is 0 Å². The maximum absolute atomic E-state index is 11.5. The third-order valence-corrected chi connectivity index (χ3v) is 2.64. The minimum Gasteiger partial charge on any atom is -0.479 e. The van der Waals surface area contributed by atoms with Crippen molar-refractivity contribution in [1.29, 1.82) is 0 Å². The van der Waals surface area contributed by atoms with Crippen molar-refractivity contribution in [3.63, 3.8) is 0 Å². The molecule has 0 aromatic carbocycles. The predicted octanol–water partition coefficient (Wildman–Crippen LogP) is -0.719. The first-order chi connectivity index (χ1) is 6.05. The van der Waals surface area contributed by atoms with E-state index in [0.29, 0.717) is 13.0 Å². The van der Waals surface area contributed by atoms with E-state index in [1.807, 2.05) is 0 Å². The van der Waals surface area contributed by atoms with Crippen LogP contribution < -0.4 is 5.32 Å². The molecular weight excluding hydrogens is 172 g/mol. The minimum absolute atomic E-state index is 0.387. The van der Waals surface area contributed by atoms with E-state index >= 15 is 0 Å². The predicted molar refractivity (Wildman–Crippen MR) is 46.3 cm³/mol. The van der Waals surface area contributed by atoms with Crippen molar-refractivity contribution in [2.24, 2.45) is 0 Å². The second-order valence-corrected chi connectivity index (χ2v) is 3.27. The lowest BCUT2D eigenvalue weighted by molar-refractivity contribution is -0.155. The van der Waals surface area contributed by atoms with Crippen LogP contribution in [0.3, 0.4) is 0 Å². The molecule has 1 heterocycles. The van der Waals surface area contributed by atoms with Gasteiger partial charge in [-0.1, -0.05) is 0 Å². The van der Waals surface area contributed by atoms with Gasteiger partial charge in [0.1, 0.15) is 0 Å². The van der Waals surface area contributed by atoms with Gasteiger partial charge in [0.2, 0.25) is 0 Å². The van der Waals surface area contributed by atoms with Crippen molar-refractivity contribution in [1.82, 2.24) is 10.2 Å². The van der Waals surface area contributed by atoms with Crippen LogP contribution in [0.25, 0.3) is 0 Å². The molecule has 5 nitrogen and oxygen atoms in total. The molecule has 0 aromatic heterocycles. The minimum atomic E-state index is -1.34. The number of likely N-dealkylation sites (N-methyl/N-ethyl adjacent to an activating group) is 2. The molecule has 1 amide bonds. The Morgan fingerprint density at radius 1 is 1.54 bits per heavy atom. The van der Waals surface area contributed by atoms with Crippen molar-refractivity contribution in [2.75, 3.05) is 20.6 Å². The van der Waals surface area contributed by atoms with Crippen LogP contribution in [-0.4, -0.2) is 48.1 Å². The summed E-state index contributed by atoms with van der Waals surface area (Å²) < 4.78 is 0. The van der Waals surface area contributed by atoms with Crippen LogP contribution in [-0.2, 0) is 9.59 Å². The van der Waals surface area contributed by atoms with Crippen LogP contribution in [0.5, 0.6) is 0 Å². The molecule has 0 bridgehead atoms. The smallest absolute Gasteiger partial charge is 0.333 e. The SMILES string of the molecule is CNC(=O)C1(C(=O)O)CCCN1C. The zero-order valence-corrected chi connectivity index (χ0v) is 7.83. The zero-order chi connectivity index (χ0) is 10.1. The number of aliphatic carboxylic acids is 1. The molecule has 0 radical (unpaired) electrons. The van der Waals surface area contributed by atoms with E-state index in [1.54, 1.807) is 11.9 Å². The number of carbonyl (C=O) groups is 2. The highest BCUT2D eigenvalue weighted by Gasteiger charge is 2.51. The summed E-state index contributed by atoms with van der Waals surface area (Å²) in [4.78, 5) is 24.1. The maximum Gasteiger partial charge on any atom is 0.333 e. The van der Waals surface area contributed by atoms with Crippen molar-refractivity contribution in [3.05, 3.63) is 0 Å². The van der Waals surface area contributed by atoms with Crippen LogP contribution in [0.4, 0.5) is 0 Å². The van der Waals surface area contributed by atoms with E-state index in [4.69, 9.17) is 5.11 Å². The van der Waals surface area contributed by atoms with E-state index < -0.39 is 17.4 Å². The Bertz CT molecular complexity index is 242. The molecule has 0 saturated carbocycles. The molecule has 1 saturated heterocycles. The summed E-state index contributed by atoms with van der Waals surface area (Å²) in [6, 6.07) is 0. The highest BCUT2D eigenvalue weighted by molar-refractivity contribution is 6.06. The summed E-state index contributed by atoms with van der Waals surface area (Å²) in [5, 5.41) is 11.4. The Hall–Kier alpha value is -1.10. The van der Waals surface area contributed by atoms with Gasteiger partial charge in [-0.3, -0.25) is 9.69 Å². The first-order valence-corrected chi connectivity index (χ1v) is 4.22. The molecule has 1 fully saturated rings. The third-order valence-electron chi connectivity index (χ3n) is 2.64. The van der Waals surface area contributed by atoms with Gasteiger partial charge < -0.3 is 10.4 Å². The number of amides is 1. The summed E-state index contributed by atoms with van der Waals surface area (Å²) in [7, 11) is 3.12. The first kappa shape index (κ1) is 9.98. The first-order valence-electron chi connectivity index (χ1n) is 4.22. The largest absolute Gasteiger partial charge is 0.479 e. The van der Waals surface area contributed by atoms with Gasteiger partial charge in [0, 0.05) is 7.05 Å². The summed E-state index contributed by atoms with van der Waals surface area (Å²) in [5.41, 5.74) is -1.34. The summed E-state index contributed by atoms with van der Waals surface area (Å²) in [5.74, 6) is -1.49.